The van der Waals surface area contributed by atoms with Crippen LogP contribution >= 0.6 is 11.6 Å². The third kappa shape index (κ3) is 3.27. The van der Waals surface area contributed by atoms with Gasteiger partial charge in [-0.3, -0.25) is 0 Å². The lowest BCUT2D eigenvalue weighted by Gasteiger charge is -2.57. The lowest BCUT2D eigenvalue weighted by molar-refractivity contribution is -0.0163. The number of aromatic nitrogens is 1. The Morgan fingerprint density at radius 3 is 2.38 bits per heavy atom. The van der Waals surface area contributed by atoms with Gasteiger partial charge in [-0.2, -0.15) is 0 Å². The zero-order chi connectivity index (χ0) is 23.0. The van der Waals surface area contributed by atoms with Crippen molar-refractivity contribution >= 4 is 28.5 Å². The fourth-order valence-electron chi connectivity index (χ4n) is 8.03. The van der Waals surface area contributed by atoms with Gasteiger partial charge in [0.1, 0.15) is 5.82 Å². The molecule has 4 saturated carbocycles. The van der Waals surface area contributed by atoms with Crippen LogP contribution in [-0.2, 0) is 6.42 Å². The van der Waals surface area contributed by atoms with E-state index in [1.165, 1.54) is 37.0 Å². The summed E-state index contributed by atoms with van der Waals surface area (Å²) in [5.41, 5.74) is 4.10. The number of hydrogen-bond donors (Lipinski definition) is 2. The summed E-state index contributed by atoms with van der Waals surface area (Å²) in [4.78, 5) is 19.5. The maximum atomic E-state index is 13.9. The van der Waals surface area contributed by atoms with E-state index in [0.29, 0.717) is 11.6 Å². The molecule has 2 aromatic carbocycles. The minimum atomic E-state index is -0.288. The Labute approximate surface area is 203 Å². The average molecular weight is 478 g/mol. The predicted octanol–water partition coefficient (Wildman–Crippen LogP) is 6.59. The fraction of sp³-hybridized carbons (Fsp3) is 0.464. The van der Waals surface area contributed by atoms with Crippen molar-refractivity contribution < 1.29 is 9.18 Å². The Bertz CT molecular complexity index is 1250. The van der Waals surface area contributed by atoms with Crippen LogP contribution in [0.2, 0.25) is 5.02 Å². The molecular weight excluding hydrogens is 449 g/mol. The van der Waals surface area contributed by atoms with E-state index in [1.807, 2.05) is 23.1 Å². The van der Waals surface area contributed by atoms with Crippen LogP contribution < -0.4 is 5.32 Å². The predicted molar refractivity (Wildman–Crippen MR) is 131 cm³/mol. The molecule has 34 heavy (non-hydrogen) atoms. The number of rotatable bonds is 2. The number of nitrogens with zero attached hydrogens (tertiary/aromatic N) is 1. The van der Waals surface area contributed by atoms with E-state index in [2.05, 4.69) is 10.3 Å². The standard InChI is InChI=1S/C28H29ClFN3O/c29-20-3-6-24-23(12-20)22-7-8-33(26(25(22)31-24)19-1-4-21(30)5-2-19)27(34)32-28-13-16-9-17(14-28)11-18(10-16)15-28/h1-6,12,16-18,26,31H,7-11,13-15H2,(H,32,34)/t16?,17?,18?,26-,28?/m1/s1. The highest BCUT2D eigenvalue weighted by Gasteiger charge is 2.52. The van der Waals surface area contributed by atoms with Crippen molar-refractivity contribution in [1.82, 2.24) is 15.2 Å². The molecule has 176 valence electrons. The summed E-state index contributed by atoms with van der Waals surface area (Å²) < 4.78 is 13.8. The van der Waals surface area contributed by atoms with Crippen molar-refractivity contribution in [3.05, 3.63) is 70.1 Å². The van der Waals surface area contributed by atoms with Crippen molar-refractivity contribution in [2.75, 3.05) is 6.54 Å². The number of halogens is 2. The van der Waals surface area contributed by atoms with Gasteiger partial charge >= 0.3 is 6.03 Å². The van der Waals surface area contributed by atoms with Gasteiger partial charge in [-0.15, -0.1) is 0 Å². The second-order valence-corrected chi connectivity index (χ2v) is 11.7. The fourth-order valence-corrected chi connectivity index (χ4v) is 8.21. The molecule has 4 bridgehead atoms. The lowest BCUT2D eigenvalue weighted by atomic mass is 9.53. The molecule has 0 unspecified atom stereocenters. The third-order valence-corrected chi connectivity index (χ3v) is 9.18. The largest absolute Gasteiger partial charge is 0.356 e. The summed E-state index contributed by atoms with van der Waals surface area (Å²) in [5, 5.41) is 5.37. The maximum Gasteiger partial charge on any atom is 0.318 e. The van der Waals surface area contributed by atoms with Crippen LogP contribution in [-0.4, -0.2) is 28.0 Å². The summed E-state index contributed by atoms with van der Waals surface area (Å²) >= 11 is 6.31. The minimum absolute atomic E-state index is 0.0126. The van der Waals surface area contributed by atoms with Crippen molar-refractivity contribution in [3.63, 3.8) is 0 Å². The van der Waals surface area contributed by atoms with Gasteiger partial charge in [0, 0.05) is 33.7 Å². The Balaban J connectivity index is 1.27. The monoisotopic (exact) mass is 477 g/mol. The SMILES string of the molecule is O=C(NC12CC3CC(CC(C3)C1)C2)N1CCc2c([nH]c3ccc(Cl)cc23)[C@H]1c1ccc(F)cc1. The van der Waals surface area contributed by atoms with Crippen LogP contribution in [0.15, 0.2) is 42.5 Å². The first-order chi connectivity index (χ1) is 16.5. The average Bonchev–Trinajstić information content (AvgIpc) is 3.16. The van der Waals surface area contributed by atoms with E-state index < -0.39 is 0 Å². The molecule has 0 saturated heterocycles. The number of urea groups is 1. The summed E-state index contributed by atoms with van der Waals surface area (Å²) in [5.74, 6) is 2.04. The summed E-state index contributed by atoms with van der Waals surface area (Å²) in [6.45, 7) is 0.618. The van der Waals surface area contributed by atoms with E-state index in [9.17, 15) is 9.18 Å². The van der Waals surface area contributed by atoms with Gasteiger partial charge in [0.05, 0.1) is 6.04 Å². The number of hydrogen-bond acceptors (Lipinski definition) is 1. The number of carbonyl (C=O) groups excluding carboxylic acids is 1. The van der Waals surface area contributed by atoms with Crippen molar-refractivity contribution in [2.24, 2.45) is 17.8 Å². The van der Waals surface area contributed by atoms with Crippen LogP contribution in [0.4, 0.5) is 9.18 Å². The van der Waals surface area contributed by atoms with Crippen LogP contribution in [0.25, 0.3) is 10.9 Å². The number of aromatic amines is 1. The topological polar surface area (TPSA) is 48.1 Å². The summed E-state index contributed by atoms with van der Waals surface area (Å²) in [6, 6.07) is 12.2. The molecule has 1 aromatic heterocycles. The smallest absolute Gasteiger partial charge is 0.318 e. The van der Waals surface area contributed by atoms with Gasteiger partial charge in [0.2, 0.25) is 0 Å². The van der Waals surface area contributed by atoms with Gasteiger partial charge in [-0.05, 0) is 104 Å². The second kappa shape index (κ2) is 7.48. The van der Waals surface area contributed by atoms with Crippen LogP contribution in [0.3, 0.4) is 0 Å². The van der Waals surface area contributed by atoms with Crippen LogP contribution in [0.5, 0.6) is 0 Å². The number of nitrogens with one attached hydrogen (secondary N) is 2. The van der Waals surface area contributed by atoms with Gasteiger partial charge < -0.3 is 15.2 Å². The molecule has 4 fully saturated rings. The van der Waals surface area contributed by atoms with Gasteiger partial charge in [-0.1, -0.05) is 23.7 Å². The molecule has 0 spiro atoms. The number of fused-ring (bicyclic) bond motifs is 3. The van der Waals surface area contributed by atoms with Crippen molar-refractivity contribution in [3.8, 4) is 0 Å². The quantitative estimate of drug-likeness (QED) is 0.430. The highest BCUT2D eigenvalue weighted by molar-refractivity contribution is 6.31. The Morgan fingerprint density at radius 2 is 1.71 bits per heavy atom. The molecule has 3 aromatic rings. The zero-order valence-electron chi connectivity index (χ0n) is 19.1. The van der Waals surface area contributed by atoms with E-state index in [0.717, 1.165) is 65.6 Å². The van der Waals surface area contributed by atoms with Gasteiger partial charge in [-0.25, -0.2) is 9.18 Å². The van der Waals surface area contributed by atoms with Crippen molar-refractivity contribution in [1.29, 1.82) is 0 Å². The number of carbonyl (C=O) groups is 1. The first-order valence-corrected chi connectivity index (χ1v) is 13.0. The third-order valence-electron chi connectivity index (χ3n) is 8.95. The van der Waals surface area contributed by atoms with Gasteiger partial charge in [0.25, 0.3) is 0 Å². The Morgan fingerprint density at radius 1 is 1.03 bits per heavy atom. The molecule has 2 heterocycles. The van der Waals surface area contributed by atoms with Crippen LogP contribution in [0.1, 0.15) is 61.4 Å². The molecule has 4 aliphatic carbocycles. The Kier molecular flexibility index (Phi) is 4.58. The minimum Gasteiger partial charge on any atom is -0.356 e. The zero-order valence-corrected chi connectivity index (χ0v) is 19.9. The second-order valence-electron chi connectivity index (χ2n) is 11.2. The molecule has 1 atom stereocenters. The molecule has 2 amide bonds. The molecule has 2 N–H and O–H groups in total. The highest BCUT2D eigenvalue weighted by atomic mass is 35.5. The van der Waals surface area contributed by atoms with Crippen molar-refractivity contribution in [2.45, 2.75) is 56.5 Å². The highest BCUT2D eigenvalue weighted by Crippen LogP contribution is 2.55. The summed E-state index contributed by atoms with van der Waals surface area (Å²) in [7, 11) is 0. The van der Waals surface area contributed by atoms with E-state index in [-0.39, 0.29) is 23.4 Å². The molecule has 1 aliphatic heterocycles. The maximum absolute atomic E-state index is 13.9. The van der Waals surface area contributed by atoms with Gasteiger partial charge in [0.15, 0.2) is 0 Å². The molecule has 5 aliphatic rings. The molecule has 4 nitrogen and oxygen atoms in total. The van der Waals surface area contributed by atoms with Crippen LogP contribution in [0, 0.1) is 23.6 Å². The van der Waals surface area contributed by atoms with E-state index in [4.69, 9.17) is 11.6 Å². The molecule has 0 radical (unpaired) electrons. The molecular formula is C28H29ClFN3O. The first-order valence-electron chi connectivity index (χ1n) is 12.6. The number of H-pyrrole nitrogens is 1. The molecule has 8 rings (SSSR count). The Hall–Kier alpha value is -2.53. The summed E-state index contributed by atoms with van der Waals surface area (Å²) in [6.07, 6.45) is 8.16. The normalized spacial score (nSPS) is 31.6. The van der Waals surface area contributed by atoms with E-state index >= 15 is 0 Å². The lowest BCUT2D eigenvalue weighted by Crippen LogP contribution is -2.62. The first kappa shape index (κ1) is 20.8. The van der Waals surface area contributed by atoms with E-state index in [1.54, 1.807) is 12.1 Å². The molecule has 6 heteroatoms. The number of amides is 2. The number of benzene rings is 2.